The predicted molar refractivity (Wildman–Crippen MR) is 109 cm³/mol. The highest BCUT2D eigenvalue weighted by molar-refractivity contribution is 6.05. The van der Waals surface area contributed by atoms with Crippen LogP contribution in [0.2, 0.25) is 0 Å². The number of carbonyl (C=O) groups is 2. The minimum Gasteiger partial charge on any atom is -0.377 e. The molecule has 9 nitrogen and oxygen atoms in total. The fourth-order valence-corrected chi connectivity index (χ4v) is 3.21. The van der Waals surface area contributed by atoms with Crippen molar-refractivity contribution in [1.82, 2.24) is 5.32 Å². The summed E-state index contributed by atoms with van der Waals surface area (Å²) in [5, 5.41) is 20.0. The van der Waals surface area contributed by atoms with E-state index in [4.69, 9.17) is 0 Å². The number of piperazine rings is 1. The Labute approximate surface area is 167 Å². The molecule has 29 heavy (non-hydrogen) atoms. The first-order chi connectivity index (χ1) is 14.0. The molecule has 1 aliphatic heterocycles. The number of hydrogen-bond donors (Lipinski definition) is 3. The second kappa shape index (κ2) is 7.78. The fourth-order valence-electron chi connectivity index (χ4n) is 3.21. The molecule has 0 bridgehead atoms. The first-order valence-corrected chi connectivity index (χ1v) is 9.47. The molecular weight excluding hydrogens is 374 g/mol. The van der Waals surface area contributed by atoms with Crippen molar-refractivity contribution in [3.8, 4) is 0 Å². The zero-order chi connectivity index (χ0) is 20.4. The van der Waals surface area contributed by atoms with E-state index < -0.39 is 10.8 Å². The molecule has 1 heterocycles. The topological polar surface area (TPSA) is 117 Å². The van der Waals surface area contributed by atoms with Crippen LogP contribution in [0, 0.1) is 10.1 Å². The van der Waals surface area contributed by atoms with Gasteiger partial charge in [-0.25, -0.2) is 0 Å². The molecule has 4 rings (SSSR count). The Bertz CT molecular complexity index is 956. The first-order valence-electron chi connectivity index (χ1n) is 9.47. The number of amides is 2. The molecule has 0 radical (unpaired) electrons. The van der Waals surface area contributed by atoms with E-state index in [1.54, 1.807) is 24.3 Å². The van der Waals surface area contributed by atoms with Gasteiger partial charge in [-0.05, 0) is 49.2 Å². The highest BCUT2D eigenvalue weighted by Gasteiger charge is 2.25. The number of nitro benzene ring substituents is 1. The number of hydrogen-bond acceptors (Lipinski definition) is 6. The lowest BCUT2D eigenvalue weighted by molar-refractivity contribution is -0.384. The molecule has 1 saturated carbocycles. The molecule has 2 aromatic carbocycles. The van der Waals surface area contributed by atoms with Crippen molar-refractivity contribution < 1.29 is 14.5 Å². The first kappa shape index (κ1) is 18.7. The maximum absolute atomic E-state index is 12.5. The molecule has 1 saturated heterocycles. The van der Waals surface area contributed by atoms with Crippen LogP contribution in [-0.4, -0.2) is 42.4 Å². The fraction of sp³-hybridized carbons (Fsp3) is 0.300. The molecule has 9 heteroatoms. The smallest absolute Gasteiger partial charge is 0.293 e. The maximum Gasteiger partial charge on any atom is 0.293 e. The molecule has 0 spiro atoms. The summed E-state index contributed by atoms with van der Waals surface area (Å²) in [5.74, 6) is -0.439. The van der Waals surface area contributed by atoms with Gasteiger partial charge in [0.05, 0.1) is 11.5 Å². The predicted octanol–water partition coefficient (Wildman–Crippen LogP) is 2.36. The summed E-state index contributed by atoms with van der Waals surface area (Å²) in [7, 11) is 0. The molecule has 3 N–H and O–H groups in total. The number of nitro groups is 1. The van der Waals surface area contributed by atoms with Gasteiger partial charge >= 0.3 is 0 Å². The van der Waals surface area contributed by atoms with Crippen LogP contribution in [0.5, 0.6) is 0 Å². The van der Waals surface area contributed by atoms with Gasteiger partial charge < -0.3 is 20.9 Å². The van der Waals surface area contributed by atoms with E-state index in [1.165, 1.54) is 6.07 Å². The van der Waals surface area contributed by atoms with E-state index in [1.807, 2.05) is 17.0 Å². The third-order valence-corrected chi connectivity index (χ3v) is 4.92. The number of rotatable bonds is 6. The number of nitrogens with zero attached hydrogens (tertiary/aromatic N) is 2. The lowest BCUT2D eigenvalue weighted by Gasteiger charge is -2.28. The number of benzene rings is 2. The molecule has 0 aromatic heterocycles. The lowest BCUT2D eigenvalue weighted by Crippen LogP contribution is -2.47. The minimum absolute atomic E-state index is 0.0187. The Balaban J connectivity index is 1.45. The van der Waals surface area contributed by atoms with E-state index in [2.05, 4.69) is 16.0 Å². The third kappa shape index (κ3) is 4.45. The van der Waals surface area contributed by atoms with Gasteiger partial charge in [0.25, 0.3) is 11.6 Å². The number of anilines is 3. The van der Waals surface area contributed by atoms with Crippen LogP contribution in [0.4, 0.5) is 22.7 Å². The van der Waals surface area contributed by atoms with Crippen molar-refractivity contribution >= 4 is 34.6 Å². The Kier molecular flexibility index (Phi) is 5.03. The summed E-state index contributed by atoms with van der Waals surface area (Å²) in [4.78, 5) is 36.9. The van der Waals surface area contributed by atoms with Crippen molar-refractivity contribution in [3.63, 3.8) is 0 Å². The van der Waals surface area contributed by atoms with Crippen LogP contribution < -0.4 is 20.9 Å². The van der Waals surface area contributed by atoms with Gasteiger partial charge in [0.1, 0.15) is 5.69 Å². The van der Waals surface area contributed by atoms with E-state index in [9.17, 15) is 19.7 Å². The molecule has 2 fully saturated rings. The number of nitrogens with one attached hydrogen (secondary N) is 3. The van der Waals surface area contributed by atoms with Crippen LogP contribution in [0.25, 0.3) is 0 Å². The molecule has 0 unspecified atom stereocenters. The van der Waals surface area contributed by atoms with Crippen molar-refractivity contribution in [2.45, 2.75) is 18.9 Å². The van der Waals surface area contributed by atoms with Crippen LogP contribution in [0.1, 0.15) is 23.2 Å². The minimum atomic E-state index is -0.481. The summed E-state index contributed by atoms with van der Waals surface area (Å²) in [6.07, 6.45) is 2.00. The molecule has 2 amide bonds. The molecule has 2 aromatic rings. The van der Waals surface area contributed by atoms with E-state index in [-0.39, 0.29) is 23.2 Å². The Hall–Kier alpha value is -3.62. The zero-order valence-electron chi connectivity index (χ0n) is 15.7. The van der Waals surface area contributed by atoms with Crippen LogP contribution in [0.3, 0.4) is 0 Å². The average molecular weight is 395 g/mol. The second-order valence-electron chi connectivity index (χ2n) is 7.18. The maximum atomic E-state index is 12.5. The summed E-state index contributed by atoms with van der Waals surface area (Å²) in [6, 6.07) is 11.9. The highest BCUT2D eigenvalue weighted by atomic mass is 16.6. The Morgan fingerprint density at radius 2 is 1.93 bits per heavy atom. The highest BCUT2D eigenvalue weighted by Crippen LogP contribution is 2.31. The van der Waals surface area contributed by atoms with Crippen molar-refractivity contribution in [2.24, 2.45) is 0 Å². The molecule has 1 aliphatic carbocycles. The van der Waals surface area contributed by atoms with E-state index >= 15 is 0 Å². The third-order valence-electron chi connectivity index (χ3n) is 4.92. The van der Waals surface area contributed by atoms with Gasteiger partial charge in [0, 0.05) is 42.1 Å². The second-order valence-corrected chi connectivity index (χ2v) is 7.18. The monoisotopic (exact) mass is 395 g/mol. The normalized spacial score (nSPS) is 16.1. The van der Waals surface area contributed by atoms with Crippen molar-refractivity contribution in [3.05, 3.63) is 58.1 Å². The van der Waals surface area contributed by atoms with Crippen LogP contribution in [0.15, 0.2) is 42.5 Å². The average Bonchev–Trinajstić information content (AvgIpc) is 3.52. The van der Waals surface area contributed by atoms with Crippen LogP contribution in [-0.2, 0) is 4.79 Å². The zero-order valence-corrected chi connectivity index (χ0v) is 15.7. The van der Waals surface area contributed by atoms with E-state index in [0.717, 1.165) is 25.1 Å². The summed E-state index contributed by atoms with van der Waals surface area (Å²) in [5.41, 5.74) is 2.01. The Morgan fingerprint density at radius 3 is 2.59 bits per heavy atom. The summed E-state index contributed by atoms with van der Waals surface area (Å²) in [6.45, 7) is 1.63. The van der Waals surface area contributed by atoms with Crippen molar-refractivity contribution in [1.29, 1.82) is 0 Å². The summed E-state index contributed by atoms with van der Waals surface area (Å²) < 4.78 is 0. The lowest BCUT2D eigenvalue weighted by atomic mass is 10.1. The van der Waals surface area contributed by atoms with Gasteiger partial charge in [-0.3, -0.25) is 19.7 Å². The largest absolute Gasteiger partial charge is 0.377 e. The van der Waals surface area contributed by atoms with Gasteiger partial charge in [0.15, 0.2) is 0 Å². The quantitative estimate of drug-likeness (QED) is 0.511. The molecule has 150 valence electrons. The molecule has 0 atom stereocenters. The van der Waals surface area contributed by atoms with Gasteiger partial charge in [-0.1, -0.05) is 0 Å². The molecule has 2 aliphatic rings. The SMILES string of the molecule is O=C1CN(c2ccc(NC(=O)c3ccc(NC4CC4)c([N+](=O)[O-])c3)cc2)CCN1. The van der Waals surface area contributed by atoms with Crippen molar-refractivity contribution in [2.75, 3.05) is 35.2 Å². The van der Waals surface area contributed by atoms with Crippen LogP contribution >= 0.6 is 0 Å². The number of carbonyl (C=O) groups excluding carboxylic acids is 2. The van der Waals surface area contributed by atoms with Gasteiger partial charge in [-0.15, -0.1) is 0 Å². The van der Waals surface area contributed by atoms with Gasteiger partial charge in [0.2, 0.25) is 5.91 Å². The standard InChI is InChI=1S/C20H21N5O4/c26-19-12-24(10-9-21-19)16-6-4-15(5-7-16)23-20(27)13-1-8-17(22-14-2-3-14)18(11-13)25(28)29/h1,4-8,11,14,22H,2-3,9-10,12H2,(H,21,26)(H,23,27). The molecular formula is C20H21N5O4. The van der Waals surface area contributed by atoms with Gasteiger partial charge in [-0.2, -0.15) is 0 Å². The summed E-state index contributed by atoms with van der Waals surface area (Å²) >= 11 is 0. The Morgan fingerprint density at radius 1 is 1.17 bits per heavy atom. The van der Waals surface area contributed by atoms with E-state index in [0.29, 0.717) is 24.5 Å².